The first-order valence-corrected chi connectivity index (χ1v) is 40.3. The van der Waals surface area contributed by atoms with Crippen LogP contribution in [0.15, 0.2) is 388 Å². The van der Waals surface area contributed by atoms with Gasteiger partial charge in [-0.2, -0.15) is 0 Å². The van der Waals surface area contributed by atoms with Crippen molar-refractivity contribution < 1.29 is 0 Å². The second-order valence-electron chi connectivity index (χ2n) is 31.4. The summed E-state index contributed by atoms with van der Waals surface area (Å²) in [4.78, 5) is 0. The van der Waals surface area contributed by atoms with Crippen LogP contribution in [0.2, 0.25) is 0 Å². The van der Waals surface area contributed by atoms with Gasteiger partial charge in [-0.25, -0.2) is 0 Å². The number of para-hydroxylation sites is 9. The lowest BCUT2D eigenvalue weighted by Crippen LogP contribution is -2.00. The van der Waals surface area contributed by atoms with Crippen molar-refractivity contribution in [3.05, 3.63) is 388 Å². The number of hydrogen-bond acceptors (Lipinski definition) is 0. The van der Waals surface area contributed by atoms with E-state index in [9.17, 15) is 0 Å². The van der Waals surface area contributed by atoms with Crippen LogP contribution in [0.25, 0.3) is 231 Å². The molecule has 0 saturated carbocycles. The van der Waals surface area contributed by atoms with Crippen molar-refractivity contribution in [2.45, 2.75) is 12.8 Å². The zero-order valence-electron chi connectivity index (χ0n) is 62.9. The van der Waals surface area contributed by atoms with Gasteiger partial charge in [0.05, 0.1) is 88.3 Å². The Morgan fingerprint density at radius 3 is 0.853 bits per heavy atom. The van der Waals surface area contributed by atoms with E-state index < -0.39 is 0 Å². The second kappa shape index (κ2) is 24.1. The van der Waals surface area contributed by atoms with Gasteiger partial charge in [0.15, 0.2) is 0 Å². The summed E-state index contributed by atoms with van der Waals surface area (Å²) in [6.07, 6.45) is 8.83. The van der Waals surface area contributed by atoms with Crippen molar-refractivity contribution in [2.75, 3.05) is 0 Å². The summed E-state index contributed by atoms with van der Waals surface area (Å²) in [7, 11) is 0. The summed E-state index contributed by atoms with van der Waals surface area (Å²) in [5.74, 6) is 0. The van der Waals surface area contributed by atoms with Crippen molar-refractivity contribution >= 4 is 180 Å². The minimum Gasteiger partial charge on any atom is -0.313 e. The van der Waals surface area contributed by atoms with Crippen LogP contribution in [0.5, 0.6) is 0 Å². The topological polar surface area (TPSA) is 39.4 Å². The third-order valence-corrected chi connectivity index (χ3v) is 25.5. The molecule has 0 saturated heterocycles. The Bertz CT molecular complexity index is 8600. The van der Waals surface area contributed by atoms with Gasteiger partial charge < -0.3 is 36.5 Å². The molecule has 0 fully saturated rings. The fourth-order valence-corrected chi connectivity index (χ4v) is 20.6. The summed E-state index contributed by atoms with van der Waals surface area (Å²) >= 11 is 0. The Morgan fingerprint density at radius 1 is 0.172 bits per heavy atom. The number of fused-ring (bicyclic) bond motifs is 27. The lowest BCUT2D eigenvalue weighted by Gasteiger charge is -2.14. The zero-order chi connectivity index (χ0) is 75.5. The van der Waals surface area contributed by atoms with Gasteiger partial charge in [0.25, 0.3) is 0 Å². The van der Waals surface area contributed by atoms with Gasteiger partial charge in [0.2, 0.25) is 0 Å². The van der Waals surface area contributed by atoms with Crippen LogP contribution in [0.3, 0.4) is 0 Å². The van der Waals surface area contributed by atoms with Gasteiger partial charge in [-0.15, -0.1) is 0 Å². The van der Waals surface area contributed by atoms with E-state index in [0.717, 1.165) is 74.8 Å². The molecule has 25 aromatic rings. The molecule has 0 amide bonds. The molecule has 8 nitrogen and oxygen atoms in total. The number of rotatable bonds is 9. The van der Waals surface area contributed by atoms with Crippen LogP contribution in [0.1, 0.15) is 12.8 Å². The van der Waals surface area contributed by atoms with Crippen molar-refractivity contribution in [1.29, 1.82) is 0 Å². The minimum atomic E-state index is 1.01. The molecule has 0 unspecified atom stereocenters. The Kier molecular flexibility index (Phi) is 13.1. The van der Waals surface area contributed by atoms with Crippen LogP contribution in [0.4, 0.5) is 0 Å². The van der Waals surface area contributed by atoms with Crippen molar-refractivity contribution in [3.8, 4) is 50.9 Å². The monoisotopic (exact) mass is 1480 g/mol. The summed E-state index contributed by atoms with van der Waals surface area (Å²) in [5, 5.41) is 19.7. The molecule has 0 bridgehead atoms. The molecule has 540 valence electrons. The lowest BCUT2D eigenvalue weighted by molar-refractivity contribution is 0.979. The fraction of sp³-hybridized carbons (Fsp3) is 0.0185. The maximum Gasteiger partial charge on any atom is 0.0788 e. The maximum atomic E-state index is 2.51. The van der Waals surface area contributed by atoms with Gasteiger partial charge in [-0.3, -0.25) is 0 Å². The van der Waals surface area contributed by atoms with E-state index in [1.807, 2.05) is 0 Å². The van der Waals surface area contributed by atoms with E-state index in [1.165, 1.54) is 169 Å². The van der Waals surface area contributed by atoms with Gasteiger partial charge in [0, 0.05) is 132 Å². The minimum absolute atomic E-state index is 1.01. The molecule has 8 aromatic heterocycles. The highest BCUT2D eigenvalue weighted by Crippen LogP contribution is 2.49. The zero-order valence-corrected chi connectivity index (χ0v) is 62.9. The normalized spacial score (nSPS) is 12.9. The molecule has 0 spiro atoms. The van der Waals surface area contributed by atoms with E-state index >= 15 is 0 Å². The average molecular weight is 1480 g/mol. The van der Waals surface area contributed by atoms with Gasteiger partial charge in [-0.05, 0) is 194 Å². The Labute approximate surface area is 664 Å². The van der Waals surface area contributed by atoms with Crippen molar-refractivity contribution in [1.82, 2.24) is 36.5 Å². The molecule has 0 N–H and O–H groups in total. The van der Waals surface area contributed by atoms with E-state index in [4.69, 9.17) is 0 Å². The molecule has 8 heterocycles. The van der Waals surface area contributed by atoms with E-state index in [-0.39, 0.29) is 0 Å². The molecule has 1 aliphatic carbocycles. The third-order valence-electron chi connectivity index (χ3n) is 25.5. The number of benzene rings is 17. The molecule has 8 heteroatoms. The van der Waals surface area contributed by atoms with E-state index in [1.54, 1.807) is 0 Å². The number of nitrogens with zero attached hydrogens (tertiary/aromatic N) is 8. The maximum absolute atomic E-state index is 2.51. The number of aromatic nitrogens is 8. The third kappa shape index (κ3) is 8.76. The Balaban J connectivity index is 0.588. The smallest absolute Gasteiger partial charge is 0.0788 e. The Hall–Kier alpha value is -15.4. The highest BCUT2D eigenvalue weighted by atomic mass is 15.1. The van der Waals surface area contributed by atoms with Crippen LogP contribution in [-0.2, 0) is 0 Å². The Morgan fingerprint density at radius 2 is 0.448 bits per heavy atom. The predicted octanol–water partition coefficient (Wildman–Crippen LogP) is 28.3. The first-order chi connectivity index (χ1) is 57.6. The largest absolute Gasteiger partial charge is 0.313 e. The fourth-order valence-electron chi connectivity index (χ4n) is 20.6. The predicted molar refractivity (Wildman–Crippen MR) is 488 cm³/mol. The highest BCUT2D eigenvalue weighted by molar-refractivity contribution is 6.30. The van der Waals surface area contributed by atoms with E-state index in [0.29, 0.717) is 0 Å². The van der Waals surface area contributed by atoms with Crippen molar-refractivity contribution in [2.24, 2.45) is 0 Å². The lowest BCUT2D eigenvalue weighted by atomic mass is 10.0. The summed E-state index contributed by atoms with van der Waals surface area (Å²) in [5.41, 5.74) is 30.4. The van der Waals surface area contributed by atoms with Crippen LogP contribution < -0.4 is 0 Å². The molecule has 116 heavy (non-hydrogen) atoms. The van der Waals surface area contributed by atoms with E-state index in [2.05, 4.69) is 425 Å². The molecular weight excluding hydrogens is 1410 g/mol. The molecule has 1 aliphatic rings. The number of hydrogen-bond donors (Lipinski definition) is 0. The summed E-state index contributed by atoms with van der Waals surface area (Å²) in [6, 6.07) is 138. The van der Waals surface area contributed by atoms with Gasteiger partial charge in [-0.1, -0.05) is 218 Å². The second-order valence-corrected chi connectivity index (χ2v) is 31.4. The number of allylic oxidation sites excluding steroid dienone is 4. The summed E-state index contributed by atoms with van der Waals surface area (Å²) in [6.45, 7) is 0. The molecule has 17 aromatic carbocycles. The van der Waals surface area contributed by atoms with Crippen LogP contribution in [0, 0.1) is 0 Å². The van der Waals surface area contributed by atoms with Gasteiger partial charge in [0.1, 0.15) is 0 Å². The highest BCUT2D eigenvalue weighted by Gasteiger charge is 2.28. The van der Waals surface area contributed by atoms with Crippen molar-refractivity contribution in [3.63, 3.8) is 0 Å². The molecular formula is C108H68N8. The average Bonchev–Trinajstić information content (AvgIpc) is 1.56. The quantitative estimate of drug-likeness (QED) is 0.138. The first kappa shape index (κ1) is 63.3. The molecule has 26 rings (SSSR count). The first-order valence-electron chi connectivity index (χ1n) is 40.3. The SMILES string of the molecule is C1=CCCC(n2c3ccccc3c3c4c5ccccc5n(-c5ccc(-n6c7ccccc7c7ccc8c9cc(-c%10ccc(-n%11c%12ccccc%12c%12cc%13c(cc%12%11)c%11ccccc%11n%13-c%11ccc(-n%12c%13ccccc%13c%13ccc%14c%15ccccc%15n(-c%15ccccc%15)c%14c%13%12)cc%11)cc%10)ccc9n(-c9ccccc9)c8c76)cc5)c4ccc32)=C1. The molecule has 0 radical (unpaired) electrons. The molecule has 0 atom stereocenters. The standard InChI is InChI=1S/C108H68N8/c1-4-24-69(25-5-1)109-96-42-22-15-35-86(96)103-99(109)62-63-100-104(103)87-36-16-23-43-97(87)110(100)73-49-53-75(54-50-73)116-95-41-21-12-32-79(95)84-59-60-85-88-64-68(46-61-98(88)114(108(85)107(84)116)71-28-8-3-9-29-71)67-44-47-72(48-45-67)111-91-37-17-13-33-80(91)89-66-102-90(65-101(89)111)81-34-14-18-38-92(81)112(102)74-51-55-76(56-52-74)115-94-40-20-11-31-78(94)83-58-57-82-77-30-10-19-39-93(77)113(105(82)106(83)115)70-26-6-2-7-27-70/h1-4,6-24,26-66H,5,25H2. The van der Waals surface area contributed by atoms with Gasteiger partial charge >= 0.3 is 0 Å². The molecule has 0 aliphatic heterocycles. The van der Waals surface area contributed by atoms with Crippen LogP contribution >= 0.6 is 0 Å². The summed E-state index contributed by atoms with van der Waals surface area (Å²) < 4.78 is 19.9. The van der Waals surface area contributed by atoms with Crippen LogP contribution in [-0.4, -0.2) is 36.5 Å².